The van der Waals surface area contributed by atoms with Crippen molar-refractivity contribution in [3.8, 4) is 0 Å². The first-order chi connectivity index (χ1) is 7.79. The largest absolute Gasteiger partial charge is 0.373 e. The standard InChI is InChI=1S/C9H7N.2N3/c1-2-6-9-8(4-1)5-3-7-10-9;2*1-3-2/h1-7H;;/q;2*-1. The SMILES string of the molecule is [N-]=[N+]=[N-].[N-]=[N+]=[N-].c1ccc2ncccc2c1. The molecule has 7 heteroatoms. The summed E-state index contributed by atoms with van der Waals surface area (Å²) in [6, 6.07) is 12.1. The van der Waals surface area contributed by atoms with Crippen LogP contribution in [-0.4, -0.2) is 4.98 Å². The second kappa shape index (κ2) is 8.83. The number of fused-ring (bicyclic) bond motifs is 1. The normalized spacial score (nSPS) is 7.25. The molecule has 0 aliphatic carbocycles. The maximum Gasteiger partial charge on any atom is 0.0701 e. The molecule has 2 aromatic rings. The van der Waals surface area contributed by atoms with Crippen LogP contribution in [0.3, 0.4) is 0 Å². The van der Waals surface area contributed by atoms with Crippen LogP contribution in [0.1, 0.15) is 0 Å². The van der Waals surface area contributed by atoms with E-state index in [-0.39, 0.29) is 0 Å². The minimum absolute atomic E-state index is 1.06. The van der Waals surface area contributed by atoms with Gasteiger partial charge in [0.2, 0.25) is 0 Å². The Kier molecular flexibility index (Phi) is 7.31. The smallest absolute Gasteiger partial charge is 0.0701 e. The van der Waals surface area contributed by atoms with Crippen molar-refractivity contribution in [2.75, 3.05) is 0 Å². The second-order valence-corrected chi connectivity index (χ2v) is 2.37. The summed E-state index contributed by atoms with van der Waals surface area (Å²) in [4.78, 5) is 7.18. The third kappa shape index (κ3) is 5.08. The van der Waals surface area contributed by atoms with Gasteiger partial charge < -0.3 is 22.1 Å². The average molecular weight is 213 g/mol. The summed E-state index contributed by atoms with van der Waals surface area (Å²) in [5.74, 6) is 0. The van der Waals surface area contributed by atoms with Gasteiger partial charge in [-0.25, -0.2) is 0 Å². The average Bonchev–Trinajstić information content (AvgIpc) is 2.31. The van der Waals surface area contributed by atoms with Gasteiger partial charge in [0.15, 0.2) is 0 Å². The zero-order valence-electron chi connectivity index (χ0n) is 8.17. The molecule has 0 unspecified atom stereocenters. The minimum atomic E-state index is 1.06. The van der Waals surface area contributed by atoms with Gasteiger partial charge in [0.05, 0.1) is 5.52 Å². The van der Waals surface area contributed by atoms with Gasteiger partial charge in [-0.05, 0) is 12.1 Å². The summed E-state index contributed by atoms with van der Waals surface area (Å²) in [5.41, 5.74) is 28.1. The van der Waals surface area contributed by atoms with Crippen molar-refractivity contribution in [1.82, 2.24) is 4.98 Å². The molecule has 0 atom stereocenters. The first-order valence-corrected chi connectivity index (χ1v) is 4.06. The minimum Gasteiger partial charge on any atom is -0.373 e. The van der Waals surface area contributed by atoms with Gasteiger partial charge >= 0.3 is 0 Å². The van der Waals surface area contributed by atoms with Gasteiger partial charge in [0.25, 0.3) is 0 Å². The maximum absolute atomic E-state index is 6.75. The number of nitrogens with zero attached hydrogens (tertiary/aromatic N) is 7. The molecule has 0 radical (unpaired) electrons. The monoisotopic (exact) mass is 213 g/mol. The van der Waals surface area contributed by atoms with Crippen LogP contribution < -0.4 is 0 Å². The molecule has 0 N–H and O–H groups in total. The first kappa shape index (κ1) is 13.2. The number of para-hydroxylation sites is 1. The lowest BCUT2D eigenvalue weighted by Crippen LogP contribution is -1.73. The third-order valence-corrected chi connectivity index (χ3v) is 1.51. The van der Waals surface area contributed by atoms with Gasteiger partial charge in [-0.1, -0.05) is 24.3 Å². The van der Waals surface area contributed by atoms with Crippen LogP contribution in [0.15, 0.2) is 42.6 Å². The Hall–Kier alpha value is -2.75. The quantitative estimate of drug-likeness (QED) is 0.365. The zero-order valence-corrected chi connectivity index (χ0v) is 8.17. The van der Waals surface area contributed by atoms with E-state index in [2.05, 4.69) is 17.1 Å². The highest BCUT2D eigenvalue weighted by Crippen LogP contribution is 2.07. The predicted molar refractivity (Wildman–Crippen MR) is 61.9 cm³/mol. The van der Waals surface area contributed by atoms with Crippen LogP contribution in [0, 0.1) is 0 Å². The Labute approximate surface area is 91.2 Å². The van der Waals surface area contributed by atoms with Crippen molar-refractivity contribution >= 4 is 10.9 Å². The van der Waals surface area contributed by atoms with Crippen LogP contribution in [0.4, 0.5) is 0 Å². The van der Waals surface area contributed by atoms with Crippen molar-refractivity contribution in [3.05, 3.63) is 74.5 Å². The Balaban J connectivity index is 0.000000321. The molecule has 0 bridgehead atoms. The van der Waals surface area contributed by atoms with E-state index >= 15 is 0 Å². The molecular weight excluding hydrogens is 206 g/mol. The van der Waals surface area contributed by atoms with Gasteiger partial charge in [-0.15, -0.1) is 0 Å². The summed E-state index contributed by atoms with van der Waals surface area (Å²) in [7, 11) is 0. The van der Waals surface area contributed by atoms with Crippen molar-refractivity contribution in [2.45, 2.75) is 0 Å². The summed E-state index contributed by atoms with van der Waals surface area (Å²) < 4.78 is 0. The fourth-order valence-electron chi connectivity index (χ4n) is 1.02. The van der Waals surface area contributed by atoms with Crippen molar-refractivity contribution < 1.29 is 0 Å². The lowest BCUT2D eigenvalue weighted by Gasteiger charge is -1.91. The molecule has 0 aliphatic rings. The predicted octanol–water partition coefficient (Wildman–Crippen LogP) is 3.97. The molecule has 1 aromatic heterocycles. The van der Waals surface area contributed by atoms with Gasteiger partial charge in [0.1, 0.15) is 0 Å². The maximum atomic E-state index is 6.75. The molecule has 2 rings (SSSR count). The second-order valence-electron chi connectivity index (χ2n) is 2.37. The summed E-state index contributed by atoms with van der Waals surface area (Å²) >= 11 is 0. The Morgan fingerprint density at radius 3 is 1.88 bits per heavy atom. The topological polar surface area (TPSA) is 130 Å². The molecule has 80 valence electrons. The first-order valence-electron chi connectivity index (χ1n) is 4.06. The van der Waals surface area contributed by atoms with Crippen LogP contribution in [0.2, 0.25) is 0 Å². The van der Waals surface area contributed by atoms with Crippen LogP contribution in [0.25, 0.3) is 42.9 Å². The Bertz CT molecular complexity index is 418. The van der Waals surface area contributed by atoms with Crippen molar-refractivity contribution in [2.24, 2.45) is 0 Å². The van der Waals surface area contributed by atoms with E-state index in [9.17, 15) is 0 Å². The number of aromatic nitrogens is 1. The fourth-order valence-corrected chi connectivity index (χ4v) is 1.02. The number of hydrogen-bond acceptors (Lipinski definition) is 1. The van der Waals surface area contributed by atoms with Crippen molar-refractivity contribution in [1.29, 1.82) is 0 Å². The van der Waals surface area contributed by atoms with E-state index < -0.39 is 0 Å². The number of hydrogen-bond donors (Lipinski definition) is 0. The highest BCUT2D eigenvalue weighted by Gasteiger charge is 1.86. The lowest BCUT2D eigenvalue weighted by molar-refractivity contribution is 1.41. The molecule has 0 spiro atoms. The highest BCUT2D eigenvalue weighted by molar-refractivity contribution is 5.77. The zero-order chi connectivity index (χ0) is 12.2. The highest BCUT2D eigenvalue weighted by atomic mass is 15.0. The van der Waals surface area contributed by atoms with Crippen molar-refractivity contribution in [3.63, 3.8) is 0 Å². The molecule has 7 nitrogen and oxygen atoms in total. The molecule has 0 aliphatic heterocycles. The van der Waals surface area contributed by atoms with Crippen LogP contribution >= 0.6 is 0 Å². The van der Waals surface area contributed by atoms with Crippen LogP contribution in [0.5, 0.6) is 0 Å². The lowest BCUT2D eigenvalue weighted by atomic mass is 10.2. The van der Waals surface area contributed by atoms with E-state index in [0.717, 1.165) is 5.52 Å². The number of pyridine rings is 1. The molecule has 0 fully saturated rings. The van der Waals surface area contributed by atoms with E-state index in [0.29, 0.717) is 0 Å². The van der Waals surface area contributed by atoms with E-state index in [4.69, 9.17) is 22.1 Å². The number of rotatable bonds is 0. The third-order valence-electron chi connectivity index (χ3n) is 1.51. The molecule has 0 amide bonds. The summed E-state index contributed by atoms with van der Waals surface area (Å²) in [5, 5.41) is 1.20. The molecule has 1 aromatic carbocycles. The molecule has 16 heavy (non-hydrogen) atoms. The van der Waals surface area contributed by atoms with E-state index in [1.807, 2.05) is 30.5 Å². The van der Waals surface area contributed by atoms with Crippen LogP contribution in [-0.2, 0) is 0 Å². The number of benzene rings is 1. The van der Waals surface area contributed by atoms with Gasteiger partial charge in [0, 0.05) is 11.6 Å². The van der Waals surface area contributed by atoms with Gasteiger partial charge in [-0.3, -0.25) is 14.8 Å². The fraction of sp³-hybridized carbons (Fsp3) is 0. The molecule has 0 saturated heterocycles. The Morgan fingerprint density at radius 1 is 0.812 bits per heavy atom. The summed E-state index contributed by atoms with van der Waals surface area (Å²) in [6.07, 6.45) is 1.81. The molecule has 1 heterocycles. The van der Waals surface area contributed by atoms with E-state index in [1.165, 1.54) is 15.2 Å². The van der Waals surface area contributed by atoms with E-state index in [1.54, 1.807) is 0 Å². The summed E-state index contributed by atoms with van der Waals surface area (Å²) in [6.45, 7) is 0. The molecule has 0 saturated carbocycles. The Morgan fingerprint density at radius 2 is 1.31 bits per heavy atom. The molecular formula is C9H7N7-2. The van der Waals surface area contributed by atoms with Gasteiger partial charge in [-0.2, -0.15) is 0 Å².